The average molecular weight is 683 g/mol. The molecule has 51 heavy (non-hydrogen) atoms. The average Bonchev–Trinajstić information content (AvgIpc) is 3.61. The highest BCUT2D eigenvalue weighted by molar-refractivity contribution is 5.96. The van der Waals surface area contributed by atoms with Gasteiger partial charge in [-0.3, -0.25) is 18.8 Å². The Balaban J connectivity index is 0.966. The van der Waals surface area contributed by atoms with Crippen LogP contribution >= 0.6 is 0 Å². The normalized spacial score (nSPS) is 17.4. The number of fused-ring (bicyclic) bond motifs is 7. The number of anilines is 1. The number of imidazole rings is 1. The number of aromatic amines is 1. The molecule has 0 aliphatic carbocycles. The van der Waals surface area contributed by atoms with E-state index in [1.165, 1.54) is 6.07 Å². The standard InChI is InChI=1S/C38H31FN8O4/c39-29-10-6-21(14-30-26-3-1-2-4-27(26)35(48)44-43-30)13-28(29)36(49)46-18-22-5-9-25(46)20-45(17-22)37(50)32-16-41-34-12-8-24(19-47(32)34)23-7-11-33-31(15-23)42-38(40)51-33/h1-4,6-8,10-13,15-16,19,22,25H,5,9,14,17-18,20H2,(H2,40,42)(H,44,48). The third-order valence-corrected chi connectivity index (χ3v) is 10.1. The number of benzene rings is 3. The Morgan fingerprint density at radius 1 is 0.941 bits per heavy atom. The lowest BCUT2D eigenvalue weighted by Crippen LogP contribution is -2.48. The summed E-state index contributed by atoms with van der Waals surface area (Å²) in [5, 5.41) is 8.00. The number of oxazole rings is 1. The van der Waals surface area contributed by atoms with Gasteiger partial charge in [0.15, 0.2) is 5.58 Å². The first-order valence-electron chi connectivity index (χ1n) is 16.8. The number of halogens is 1. The molecule has 3 saturated heterocycles. The summed E-state index contributed by atoms with van der Waals surface area (Å²) in [6.07, 6.45) is 5.33. The number of H-pyrrole nitrogens is 1. The fourth-order valence-corrected chi connectivity index (χ4v) is 7.59. The van der Waals surface area contributed by atoms with Crippen LogP contribution in [0.25, 0.3) is 38.6 Å². The van der Waals surface area contributed by atoms with E-state index in [0.29, 0.717) is 76.9 Å². The Labute approximate surface area is 289 Å². The number of carbonyl (C=O) groups is 2. The number of nitrogens with two attached hydrogens (primary N) is 1. The van der Waals surface area contributed by atoms with E-state index in [1.807, 2.05) is 48.7 Å². The van der Waals surface area contributed by atoms with Crippen molar-refractivity contribution in [2.45, 2.75) is 25.3 Å². The van der Waals surface area contributed by atoms with Gasteiger partial charge in [0.25, 0.3) is 23.4 Å². The van der Waals surface area contributed by atoms with Crippen LogP contribution in [0, 0.1) is 11.7 Å². The van der Waals surface area contributed by atoms with Gasteiger partial charge in [-0.15, -0.1) is 0 Å². The Kier molecular flexibility index (Phi) is 7.16. The lowest BCUT2D eigenvalue weighted by Gasteiger charge is -2.36. The molecule has 254 valence electrons. The van der Waals surface area contributed by atoms with Gasteiger partial charge in [0.1, 0.15) is 22.7 Å². The van der Waals surface area contributed by atoms with Crippen LogP contribution in [-0.4, -0.2) is 71.9 Å². The minimum absolute atomic E-state index is 0.0209. The number of rotatable bonds is 5. The number of pyridine rings is 1. The molecule has 0 radical (unpaired) electrons. The zero-order valence-electron chi connectivity index (χ0n) is 27.3. The maximum Gasteiger partial charge on any atom is 0.292 e. The fraction of sp³-hybridized carbons (Fsp3) is 0.211. The van der Waals surface area contributed by atoms with Gasteiger partial charge in [0.05, 0.1) is 22.8 Å². The molecule has 4 aromatic heterocycles. The van der Waals surface area contributed by atoms with Crippen LogP contribution in [0.2, 0.25) is 0 Å². The summed E-state index contributed by atoms with van der Waals surface area (Å²) in [5.41, 5.74) is 10.8. The molecule has 2 unspecified atom stereocenters. The van der Waals surface area contributed by atoms with Gasteiger partial charge >= 0.3 is 0 Å². The summed E-state index contributed by atoms with van der Waals surface area (Å²) >= 11 is 0. The van der Waals surface area contributed by atoms with Crippen molar-refractivity contribution in [2.24, 2.45) is 5.92 Å². The highest BCUT2D eigenvalue weighted by atomic mass is 19.1. The second-order valence-corrected chi connectivity index (χ2v) is 13.3. The number of nitrogen functional groups attached to an aromatic ring is 1. The zero-order valence-corrected chi connectivity index (χ0v) is 27.3. The Hall–Kier alpha value is -6.37. The second-order valence-electron chi connectivity index (χ2n) is 13.3. The molecule has 3 aliphatic heterocycles. The van der Waals surface area contributed by atoms with Crippen molar-refractivity contribution in [1.29, 1.82) is 0 Å². The maximum atomic E-state index is 15.3. The largest absolute Gasteiger partial charge is 0.424 e. The number of nitrogens with one attached hydrogen (secondary N) is 1. The van der Waals surface area contributed by atoms with Gasteiger partial charge in [-0.05, 0) is 77.9 Å². The number of amides is 2. The lowest BCUT2D eigenvalue weighted by molar-refractivity contribution is 0.0569. The van der Waals surface area contributed by atoms with Gasteiger partial charge in [-0.2, -0.15) is 10.1 Å². The third-order valence-electron chi connectivity index (χ3n) is 10.1. The molecule has 7 aromatic rings. The molecule has 3 aliphatic rings. The van der Waals surface area contributed by atoms with Gasteiger partial charge in [-0.25, -0.2) is 14.5 Å². The van der Waals surface area contributed by atoms with E-state index in [1.54, 1.807) is 44.7 Å². The number of piperidine rings is 1. The number of hydrogen-bond donors (Lipinski definition) is 2. The molecule has 10 rings (SSSR count). The van der Waals surface area contributed by atoms with E-state index in [-0.39, 0.29) is 35.0 Å². The summed E-state index contributed by atoms with van der Waals surface area (Å²) in [7, 11) is 0. The SMILES string of the molecule is Nc1nc2cc(-c3ccc4ncc(C(=O)N5CC6CCC(C5)N(C(=O)c5cc(Cc7n[nH]c(=O)c8ccccc78)ccc5F)C6)n4c3)ccc2o1. The molecule has 13 heteroatoms. The smallest absolute Gasteiger partial charge is 0.292 e. The van der Waals surface area contributed by atoms with Crippen LogP contribution in [0.5, 0.6) is 0 Å². The molecular weight excluding hydrogens is 651 g/mol. The minimum atomic E-state index is -0.608. The van der Waals surface area contributed by atoms with Gasteiger partial charge in [0, 0.05) is 43.7 Å². The number of carbonyl (C=O) groups excluding carboxylic acids is 2. The van der Waals surface area contributed by atoms with E-state index in [0.717, 1.165) is 17.5 Å². The van der Waals surface area contributed by atoms with E-state index in [9.17, 15) is 14.4 Å². The Morgan fingerprint density at radius 3 is 2.67 bits per heavy atom. The van der Waals surface area contributed by atoms with Crippen LogP contribution < -0.4 is 11.3 Å². The predicted molar refractivity (Wildman–Crippen MR) is 188 cm³/mol. The third kappa shape index (κ3) is 5.37. The van der Waals surface area contributed by atoms with Crippen molar-refractivity contribution in [3.8, 4) is 11.1 Å². The summed E-state index contributed by atoms with van der Waals surface area (Å²) in [5.74, 6) is -1.15. The molecule has 0 saturated carbocycles. The molecular formula is C38H31FN8O4. The lowest BCUT2D eigenvalue weighted by atomic mass is 9.94. The zero-order chi connectivity index (χ0) is 34.8. The molecule has 2 amide bonds. The van der Waals surface area contributed by atoms with Crippen molar-refractivity contribution in [3.05, 3.63) is 124 Å². The van der Waals surface area contributed by atoms with Gasteiger partial charge in [0.2, 0.25) is 0 Å². The van der Waals surface area contributed by atoms with E-state index in [4.69, 9.17) is 10.2 Å². The van der Waals surface area contributed by atoms with E-state index in [2.05, 4.69) is 20.2 Å². The Bertz CT molecular complexity index is 2590. The minimum Gasteiger partial charge on any atom is -0.424 e. The van der Waals surface area contributed by atoms with Crippen LogP contribution in [0.1, 0.15) is 44.9 Å². The number of nitrogens with zero attached hydrogens (tertiary/aromatic N) is 6. The van der Waals surface area contributed by atoms with Crippen molar-refractivity contribution in [2.75, 3.05) is 25.4 Å². The first-order valence-corrected chi connectivity index (χ1v) is 16.8. The first kappa shape index (κ1) is 30.7. The van der Waals surface area contributed by atoms with Crippen LogP contribution in [0.15, 0.2) is 94.4 Å². The molecule has 3 N–H and O–H groups in total. The molecule has 7 heterocycles. The first-order chi connectivity index (χ1) is 24.8. The molecule has 3 aromatic carbocycles. The number of hydrogen-bond acceptors (Lipinski definition) is 8. The highest BCUT2D eigenvalue weighted by Gasteiger charge is 2.40. The highest BCUT2D eigenvalue weighted by Crippen LogP contribution is 2.32. The number of aromatic nitrogens is 5. The maximum absolute atomic E-state index is 15.3. The Morgan fingerprint density at radius 2 is 1.78 bits per heavy atom. The van der Waals surface area contributed by atoms with Crippen molar-refractivity contribution >= 4 is 45.3 Å². The molecule has 2 bridgehead atoms. The van der Waals surface area contributed by atoms with Crippen molar-refractivity contribution < 1.29 is 18.4 Å². The van der Waals surface area contributed by atoms with Crippen LogP contribution in [-0.2, 0) is 6.42 Å². The molecule has 3 fully saturated rings. The molecule has 12 nitrogen and oxygen atoms in total. The van der Waals surface area contributed by atoms with Gasteiger partial charge in [-0.1, -0.05) is 30.3 Å². The topological polar surface area (TPSA) is 156 Å². The molecule has 0 spiro atoms. The molecule has 2 atom stereocenters. The second kappa shape index (κ2) is 11.9. The summed E-state index contributed by atoms with van der Waals surface area (Å²) in [4.78, 5) is 52.7. The summed E-state index contributed by atoms with van der Waals surface area (Å²) in [6.45, 7) is 1.23. The summed E-state index contributed by atoms with van der Waals surface area (Å²) < 4.78 is 22.5. The predicted octanol–water partition coefficient (Wildman–Crippen LogP) is 5.07. The summed E-state index contributed by atoms with van der Waals surface area (Å²) in [6, 6.07) is 20.9. The fourth-order valence-electron chi connectivity index (χ4n) is 7.59. The van der Waals surface area contributed by atoms with Gasteiger partial charge < -0.3 is 20.0 Å². The van der Waals surface area contributed by atoms with Crippen molar-refractivity contribution in [1.82, 2.24) is 34.4 Å². The quantitative estimate of drug-likeness (QED) is 0.255. The van der Waals surface area contributed by atoms with E-state index < -0.39 is 11.7 Å². The van der Waals surface area contributed by atoms with Crippen molar-refractivity contribution in [3.63, 3.8) is 0 Å². The van der Waals surface area contributed by atoms with Crippen LogP contribution in [0.4, 0.5) is 10.4 Å². The monoisotopic (exact) mass is 682 g/mol. The van der Waals surface area contributed by atoms with Crippen LogP contribution in [0.3, 0.4) is 0 Å². The van der Waals surface area contributed by atoms with E-state index >= 15 is 4.39 Å².